The number of halogens is 3. The summed E-state index contributed by atoms with van der Waals surface area (Å²) < 4.78 is 39.5. The van der Waals surface area contributed by atoms with Gasteiger partial charge in [-0.15, -0.1) is 5.10 Å². The molecule has 152 valence electrons. The van der Waals surface area contributed by atoms with Crippen LogP contribution in [0.15, 0.2) is 30.3 Å². The summed E-state index contributed by atoms with van der Waals surface area (Å²) in [7, 11) is 0. The number of nitrogens with zero attached hydrogens (tertiary/aromatic N) is 4. The molecule has 30 heavy (non-hydrogen) atoms. The van der Waals surface area contributed by atoms with Crippen LogP contribution in [-0.2, 0) is 6.18 Å². The maximum Gasteiger partial charge on any atom is 0.416 e. The Balaban J connectivity index is 1.97. The van der Waals surface area contributed by atoms with Crippen molar-refractivity contribution in [1.82, 2.24) is 30.6 Å². The molecule has 0 aliphatic heterocycles. The standard InChI is InChI=1S/C17H10F3N7O3/c18-17(19,20)7-4-10(16(29)30)12-11(5-7)22-14(23-12)8-2-1-6(13(21)28)3-9(8)15-24-26-27-25-15/h1-5H,(H2,21,28)(H,22,23)(H,29,30)(H,24,25,26,27). The van der Waals surface area contributed by atoms with Crippen molar-refractivity contribution >= 4 is 22.9 Å². The Morgan fingerprint density at radius 2 is 1.83 bits per heavy atom. The third-order valence-electron chi connectivity index (χ3n) is 4.31. The monoisotopic (exact) mass is 417 g/mol. The van der Waals surface area contributed by atoms with Crippen molar-refractivity contribution in [1.29, 1.82) is 0 Å². The molecule has 1 amide bonds. The molecule has 0 atom stereocenters. The summed E-state index contributed by atoms with van der Waals surface area (Å²) in [5.41, 5.74) is 4.00. The number of hydrogen-bond acceptors (Lipinski definition) is 6. The Hall–Kier alpha value is -4.29. The number of carbonyl (C=O) groups is 2. The quantitative estimate of drug-likeness (QED) is 0.395. The predicted molar refractivity (Wildman–Crippen MR) is 95.2 cm³/mol. The van der Waals surface area contributed by atoms with Crippen molar-refractivity contribution in [3.8, 4) is 22.8 Å². The Morgan fingerprint density at radius 1 is 1.07 bits per heavy atom. The van der Waals surface area contributed by atoms with Gasteiger partial charge in [0.2, 0.25) is 5.91 Å². The Bertz CT molecular complexity index is 1300. The number of aromatic amines is 2. The fourth-order valence-electron chi connectivity index (χ4n) is 2.95. The Kier molecular flexibility index (Phi) is 4.22. The predicted octanol–water partition coefficient (Wildman–Crippen LogP) is 2.23. The molecule has 0 fully saturated rings. The Labute approximate surface area is 163 Å². The molecule has 0 radical (unpaired) electrons. The average molecular weight is 417 g/mol. The average Bonchev–Trinajstić information content (AvgIpc) is 3.35. The topological polar surface area (TPSA) is 164 Å². The van der Waals surface area contributed by atoms with Gasteiger partial charge in [0, 0.05) is 16.7 Å². The SMILES string of the molecule is NC(=O)c1ccc(-c2nc3cc(C(F)(F)F)cc(C(=O)O)c3[nH]2)c(-c2nnn[nH]2)c1. The van der Waals surface area contributed by atoms with Crippen LogP contribution in [0.2, 0.25) is 0 Å². The van der Waals surface area contributed by atoms with Crippen molar-refractivity contribution in [2.24, 2.45) is 5.73 Å². The van der Waals surface area contributed by atoms with Crippen molar-refractivity contribution in [3.05, 3.63) is 47.0 Å². The normalized spacial score (nSPS) is 11.7. The Morgan fingerprint density at radius 3 is 2.43 bits per heavy atom. The number of rotatable bonds is 4. The van der Waals surface area contributed by atoms with Gasteiger partial charge in [0.05, 0.1) is 22.2 Å². The van der Waals surface area contributed by atoms with Gasteiger partial charge in [-0.05, 0) is 40.8 Å². The highest BCUT2D eigenvalue weighted by molar-refractivity contribution is 6.02. The van der Waals surface area contributed by atoms with E-state index in [1.54, 1.807) is 0 Å². The molecule has 0 aliphatic carbocycles. The molecule has 2 aromatic carbocycles. The van der Waals surface area contributed by atoms with Crippen molar-refractivity contribution in [2.45, 2.75) is 6.18 Å². The molecular weight excluding hydrogens is 407 g/mol. The number of aromatic nitrogens is 6. The van der Waals surface area contributed by atoms with Crippen LogP contribution in [0.4, 0.5) is 13.2 Å². The number of fused-ring (bicyclic) bond motifs is 1. The summed E-state index contributed by atoms with van der Waals surface area (Å²) in [6.07, 6.45) is -4.75. The van der Waals surface area contributed by atoms with Crippen LogP contribution in [0.25, 0.3) is 33.8 Å². The molecule has 10 nitrogen and oxygen atoms in total. The van der Waals surface area contributed by atoms with Gasteiger partial charge in [0.1, 0.15) is 5.82 Å². The van der Waals surface area contributed by atoms with Crippen LogP contribution in [-0.4, -0.2) is 47.6 Å². The molecule has 0 unspecified atom stereocenters. The van der Waals surface area contributed by atoms with Crippen LogP contribution in [0.5, 0.6) is 0 Å². The highest BCUT2D eigenvalue weighted by Crippen LogP contribution is 2.35. The van der Waals surface area contributed by atoms with Gasteiger partial charge in [0.15, 0.2) is 5.82 Å². The zero-order chi connectivity index (χ0) is 21.6. The largest absolute Gasteiger partial charge is 0.478 e. The molecule has 13 heteroatoms. The van der Waals surface area contributed by atoms with Gasteiger partial charge in [0.25, 0.3) is 0 Å². The molecule has 2 aromatic heterocycles. The fourth-order valence-corrected chi connectivity index (χ4v) is 2.95. The molecule has 5 N–H and O–H groups in total. The van der Waals surface area contributed by atoms with Gasteiger partial charge >= 0.3 is 12.1 Å². The molecular formula is C17H10F3N7O3. The lowest BCUT2D eigenvalue weighted by Gasteiger charge is -2.07. The smallest absolute Gasteiger partial charge is 0.416 e. The van der Waals surface area contributed by atoms with Gasteiger partial charge in [-0.2, -0.15) is 13.2 Å². The number of primary amides is 1. The van der Waals surface area contributed by atoms with Crippen molar-refractivity contribution in [3.63, 3.8) is 0 Å². The van der Waals surface area contributed by atoms with E-state index in [0.29, 0.717) is 11.6 Å². The maximum atomic E-state index is 13.2. The summed E-state index contributed by atoms with van der Waals surface area (Å²) in [6, 6.07) is 5.49. The molecule has 2 heterocycles. The zero-order valence-electron chi connectivity index (χ0n) is 14.7. The number of carboxylic acid groups (broad SMARTS) is 1. The molecule has 0 aliphatic rings. The number of benzene rings is 2. The van der Waals surface area contributed by atoms with Crippen LogP contribution >= 0.6 is 0 Å². The highest BCUT2D eigenvalue weighted by atomic mass is 19.4. The zero-order valence-corrected chi connectivity index (χ0v) is 14.7. The van der Waals surface area contributed by atoms with Crippen LogP contribution in [0.1, 0.15) is 26.3 Å². The first-order valence-electron chi connectivity index (χ1n) is 8.17. The van der Waals surface area contributed by atoms with E-state index in [1.807, 2.05) is 0 Å². The summed E-state index contributed by atoms with van der Waals surface area (Å²) in [5.74, 6) is -2.08. The van der Waals surface area contributed by atoms with E-state index in [2.05, 4.69) is 30.6 Å². The van der Waals surface area contributed by atoms with E-state index in [4.69, 9.17) is 5.73 Å². The maximum absolute atomic E-state index is 13.2. The minimum absolute atomic E-state index is 0.0502. The lowest BCUT2D eigenvalue weighted by atomic mass is 10.0. The minimum Gasteiger partial charge on any atom is -0.478 e. The second-order valence-corrected chi connectivity index (χ2v) is 6.18. The molecule has 0 saturated carbocycles. The number of amides is 1. The molecule has 4 aromatic rings. The summed E-state index contributed by atoms with van der Waals surface area (Å²) in [4.78, 5) is 29.9. The van der Waals surface area contributed by atoms with Gasteiger partial charge < -0.3 is 15.8 Å². The number of H-pyrrole nitrogens is 2. The van der Waals surface area contributed by atoms with Crippen molar-refractivity contribution in [2.75, 3.05) is 0 Å². The molecule has 0 bridgehead atoms. The van der Waals surface area contributed by atoms with E-state index < -0.39 is 29.2 Å². The van der Waals surface area contributed by atoms with E-state index in [9.17, 15) is 27.9 Å². The number of hydrogen-bond donors (Lipinski definition) is 4. The lowest BCUT2D eigenvalue weighted by Crippen LogP contribution is -2.11. The van der Waals surface area contributed by atoms with E-state index >= 15 is 0 Å². The number of aromatic carboxylic acids is 1. The number of imidazole rings is 1. The first-order chi connectivity index (χ1) is 14.1. The molecule has 0 saturated heterocycles. The lowest BCUT2D eigenvalue weighted by molar-refractivity contribution is -0.137. The second kappa shape index (κ2) is 6.65. The van der Waals surface area contributed by atoms with Crippen LogP contribution in [0, 0.1) is 0 Å². The van der Waals surface area contributed by atoms with Crippen molar-refractivity contribution < 1.29 is 27.9 Å². The molecule has 4 rings (SSSR count). The number of carbonyl (C=O) groups excluding carboxylic acids is 1. The third-order valence-corrected chi connectivity index (χ3v) is 4.31. The summed E-state index contributed by atoms with van der Waals surface area (Å²) >= 11 is 0. The summed E-state index contributed by atoms with van der Waals surface area (Å²) in [6.45, 7) is 0. The number of carboxylic acids is 1. The van der Waals surface area contributed by atoms with E-state index in [-0.39, 0.29) is 33.8 Å². The number of alkyl halides is 3. The molecule has 0 spiro atoms. The van der Waals surface area contributed by atoms with E-state index in [1.165, 1.54) is 18.2 Å². The minimum atomic E-state index is -4.75. The van der Waals surface area contributed by atoms with E-state index in [0.717, 1.165) is 6.07 Å². The second-order valence-electron chi connectivity index (χ2n) is 6.18. The van der Waals surface area contributed by atoms with Gasteiger partial charge in [-0.25, -0.2) is 14.9 Å². The van der Waals surface area contributed by atoms with Gasteiger partial charge in [-0.3, -0.25) is 4.79 Å². The highest BCUT2D eigenvalue weighted by Gasteiger charge is 2.33. The number of nitrogens with two attached hydrogens (primary N) is 1. The third kappa shape index (κ3) is 3.21. The number of tetrazole rings is 1. The van der Waals surface area contributed by atoms with Crippen LogP contribution < -0.4 is 5.73 Å². The fraction of sp³-hybridized carbons (Fsp3) is 0.0588. The number of nitrogens with one attached hydrogen (secondary N) is 2. The summed E-state index contributed by atoms with van der Waals surface area (Å²) in [5, 5.41) is 22.5. The first-order valence-corrected chi connectivity index (χ1v) is 8.17. The first kappa shape index (κ1) is 19.0. The van der Waals surface area contributed by atoms with Crippen LogP contribution in [0.3, 0.4) is 0 Å². The van der Waals surface area contributed by atoms with Gasteiger partial charge in [-0.1, -0.05) is 0 Å².